The smallest absolute Gasteiger partial charge is 0.307 e. The number of carbonyl (C=O) groups excluding carboxylic acids is 2. The van der Waals surface area contributed by atoms with Crippen molar-refractivity contribution in [3.05, 3.63) is 30.1 Å². The first-order valence-corrected chi connectivity index (χ1v) is 10.6. The fourth-order valence-electron chi connectivity index (χ4n) is 2.32. The first-order chi connectivity index (χ1) is 11.7. The van der Waals surface area contributed by atoms with Gasteiger partial charge in [0.15, 0.2) is 15.9 Å². The molecule has 1 aromatic carbocycles. The molecule has 0 aliphatic carbocycles. The number of thioether (sulfide) groups is 1. The van der Waals surface area contributed by atoms with Gasteiger partial charge in [0.25, 0.3) is 5.91 Å². The molecule has 1 aliphatic rings. The van der Waals surface area contributed by atoms with Crippen LogP contribution in [0.15, 0.2) is 29.2 Å². The first-order valence-electron chi connectivity index (χ1n) is 7.84. The zero-order valence-corrected chi connectivity index (χ0v) is 15.4. The van der Waals surface area contributed by atoms with Crippen molar-refractivity contribution in [3.8, 4) is 0 Å². The van der Waals surface area contributed by atoms with Crippen LogP contribution >= 0.6 is 11.8 Å². The number of ether oxygens (including phenoxy) is 1. The summed E-state index contributed by atoms with van der Waals surface area (Å²) in [4.78, 5) is 24.6. The zero-order chi connectivity index (χ0) is 18.4. The summed E-state index contributed by atoms with van der Waals surface area (Å²) in [6.07, 6.45) is -0.493. The number of amides is 1. The van der Waals surface area contributed by atoms with Gasteiger partial charge in [-0.05, 0) is 37.6 Å². The summed E-state index contributed by atoms with van der Waals surface area (Å²) >= 11 is 1.38. The summed E-state index contributed by atoms with van der Waals surface area (Å²) in [6.45, 7) is 1.45. The number of nitrogens with one attached hydrogen (secondary N) is 1. The summed E-state index contributed by atoms with van der Waals surface area (Å²) in [5.41, 5.74) is 0. The van der Waals surface area contributed by atoms with Crippen molar-refractivity contribution in [2.75, 3.05) is 17.3 Å². The highest BCUT2D eigenvalue weighted by atomic mass is 32.2. The molecule has 0 aromatic heterocycles. The fourth-order valence-corrected chi connectivity index (χ4v) is 4.83. The van der Waals surface area contributed by atoms with E-state index in [2.05, 4.69) is 5.32 Å². The van der Waals surface area contributed by atoms with Crippen molar-refractivity contribution in [2.45, 2.75) is 36.8 Å². The molecule has 1 saturated heterocycles. The summed E-state index contributed by atoms with van der Waals surface area (Å²) in [6, 6.07) is 5.51. The largest absolute Gasteiger partial charge is 0.453 e. The normalized spacial score (nSPS) is 20.0. The lowest BCUT2D eigenvalue weighted by Crippen LogP contribution is -2.42. The van der Waals surface area contributed by atoms with E-state index >= 15 is 0 Å². The van der Waals surface area contributed by atoms with Crippen LogP contribution < -0.4 is 5.32 Å². The highest BCUT2D eigenvalue weighted by Gasteiger charge is 2.30. The lowest BCUT2D eigenvalue weighted by molar-refractivity contribution is -0.154. The molecular formula is C16H20FNO5S2. The lowest BCUT2D eigenvalue weighted by Gasteiger charge is -2.16. The molecule has 2 rings (SSSR count). The van der Waals surface area contributed by atoms with Gasteiger partial charge in [0, 0.05) is 16.7 Å². The van der Waals surface area contributed by atoms with Crippen LogP contribution in [-0.2, 0) is 24.2 Å². The van der Waals surface area contributed by atoms with Gasteiger partial charge in [0.1, 0.15) is 5.82 Å². The number of hydrogen-bond donors (Lipinski definition) is 1. The molecular weight excluding hydrogens is 369 g/mol. The Hall–Kier alpha value is -1.61. The molecule has 0 saturated carbocycles. The number of rotatable bonds is 7. The first kappa shape index (κ1) is 19.7. The van der Waals surface area contributed by atoms with Gasteiger partial charge >= 0.3 is 5.97 Å². The number of sulfone groups is 1. The molecule has 1 N–H and O–H groups in total. The van der Waals surface area contributed by atoms with Crippen molar-refractivity contribution in [1.82, 2.24) is 5.32 Å². The van der Waals surface area contributed by atoms with Crippen LogP contribution in [0, 0.1) is 5.82 Å². The number of esters is 1. The molecule has 1 fully saturated rings. The van der Waals surface area contributed by atoms with Gasteiger partial charge in [-0.1, -0.05) is 0 Å². The van der Waals surface area contributed by atoms with Crippen LogP contribution in [0.2, 0.25) is 0 Å². The third-order valence-electron chi connectivity index (χ3n) is 3.64. The van der Waals surface area contributed by atoms with E-state index in [-0.39, 0.29) is 23.7 Å². The molecule has 6 nitrogen and oxygen atoms in total. The van der Waals surface area contributed by atoms with Crippen molar-refractivity contribution in [2.24, 2.45) is 0 Å². The average molecular weight is 389 g/mol. The van der Waals surface area contributed by atoms with Gasteiger partial charge in [-0.2, -0.15) is 0 Å². The van der Waals surface area contributed by atoms with E-state index in [1.54, 1.807) is 12.1 Å². The maximum absolute atomic E-state index is 12.8. The Balaban J connectivity index is 1.68. The monoisotopic (exact) mass is 389 g/mol. The van der Waals surface area contributed by atoms with Gasteiger partial charge in [0.05, 0.1) is 17.9 Å². The topological polar surface area (TPSA) is 89.5 Å². The Kier molecular flexibility index (Phi) is 6.83. The number of benzene rings is 1. The second-order valence-electron chi connectivity index (χ2n) is 5.79. The van der Waals surface area contributed by atoms with Crippen LogP contribution in [0.1, 0.15) is 19.8 Å². The van der Waals surface area contributed by atoms with E-state index in [0.29, 0.717) is 12.2 Å². The average Bonchev–Trinajstić information content (AvgIpc) is 2.88. The summed E-state index contributed by atoms with van der Waals surface area (Å²) in [5, 5.41) is 2.59. The highest BCUT2D eigenvalue weighted by molar-refractivity contribution is 7.99. The third kappa shape index (κ3) is 6.66. The van der Waals surface area contributed by atoms with Gasteiger partial charge in [0.2, 0.25) is 0 Å². The minimum atomic E-state index is -3.08. The molecule has 0 bridgehead atoms. The molecule has 0 unspecified atom stereocenters. The highest BCUT2D eigenvalue weighted by Crippen LogP contribution is 2.19. The summed E-state index contributed by atoms with van der Waals surface area (Å²) in [7, 11) is -3.08. The maximum Gasteiger partial charge on any atom is 0.307 e. The lowest BCUT2D eigenvalue weighted by atomic mass is 10.2. The van der Waals surface area contributed by atoms with E-state index in [0.717, 1.165) is 4.90 Å². The van der Waals surface area contributed by atoms with Crippen molar-refractivity contribution < 1.29 is 27.1 Å². The van der Waals surface area contributed by atoms with Gasteiger partial charge in [-0.25, -0.2) is 12.8 Å². The van der Waals surface area contributed by atoms with Crippen LogP contribution in [0.3, 0.4) is 0 Å². The second kappa shape index (κ2) is 8.66. The maximum atomic E-state index is 12.8. The molecule has 0 radical (unpaired) electrons. The molecule has 0 spiro atoms. The van der Waals surface area contributed by atoms with Crippen LogP contribution in [0.4, 0.5) is 4.39 Å². The fraction of sp³-hybridized carbons (Fsp3) is 0.500. The Morgan fingerprint density at radius 1 is 1.36 bits per heavy atom. The minimum Gasteiger partial charge on any atom is -0.453 e. The molecule has 1 amide bonds. The molecule has 9 heteroatoms. The minimum absolute atomic E-state index is 0.0622. The van der Waals surface area contributed by atoms with Crippen LogP contribution in [0.5, 0.6) is 0 Å². The predicted octanol–water partition coefficient (Wildman–Crippen LogP) is 1.54. The molecule has 2 atom stereocenters. The summed E-state index contributed by atoms with van der Waals surface area (Å²) in [5.74, 6) is -0.906. The Labute approximate surface area is 150 Å². The van der Waals surface area contributed by atoms with Gasteiger partial charge in [-0.3, -0.25) is 9.59 Å². The van der Waals surface area contributed by atoms with Gasteiger partial charge < -0.3 is 10.1 Å². The van der Waals surface area contributed by atoms with Crippen molar-refractivity contribution in [1.29, 1.82) is 0 Å². The Morgan fingerprint density at radius 3 is 2.64 bits per heavy atom. The number of carbonyl (C=O) groups is 2. The van der Waals surface area contributed by atoms with Crippen LogP contribution in [-0.4, -0.2) is 49.7 Å². The van der Waals surface area contributed by atoms with Gasteiger partial charge in [-0.15, -0.1) is 11.8 Å². The van der Waals surface area contributed by atoms with E-state index < -0.39 is 33.9 Å². The summed E-state index contributed by atoms with van der Waals surface area (Å²) < 4.78 is 40.6. The van der Waals surface area contributed by atoms with Crippen molar-refractivity contribution >= 4 is 33.5 Å². The molecule has 138 valence electrons. The Morgan fingerprint density at radius 2 is 2.04 bits per heavy atom. The van der Waals surface area contributed by atoms with E-state index in [1.165, 1.54) is 30.8 Å². The SMILES string of the molecule is C[C@H](OC(=O)CCSc1ccc(F)cc1)C(=O)N[C@H]1CCS(=O)(=O)C1. The van der Waals surface area contributed by atoms with Crippen LogP contribution in [0.25, 0.3) is 0 Å². The molecule has 1 heterocycles. The zero-order valence-electron chi connectivity index (χ0n) is 13.7. The number of halogens is 1. The number of hydrogen-bond acceptors (Lipinski definition) is 6. The molecule has 1 aromatic rings. The second-order valence-corrected chi connectivity index (χ2v) is 9.19. The van der Waals surface area contributed by atoms with E-state index in [9.17, 15) is 22.4 Å². The predicted molar refractivity (Wildman–Crippen MR) is 92.5 cm³/mol. The van der Waals surface area contributed by atoms with E-state index in [1.807, 2.05) is 0 Å². The molecule has 25 heavy (non-hydrogen) atoms. The van der Waals surface area contributed by atoms with E-state index in [4.69, 9.17) is 4.74 Å². The van der Waals surface area contributed by atoms with Crippen molar-refractivity contribution in [3.63, 3.8) is 0 Å². The third-order valence-corrected chi connectivity index (χ3v) is 6.43. The Bertz CT molecular complexity index is 721. The quantitative estimate of drug-likeness (QED) is 0.562. The molecule has 1 aliphatic heterocycles. The standard InChI is InChI=1S/C16H20FNO5S2/c1-11(16(20)18-13-7-9-25(21,22)10-13)23-15(19)6-8-24-14-4-2-12(17)3-5-14/h2-5,11,13H,6-10H2,1H3,(H,18,20)/t11-,13-/m0/s1.